The maximum absolute atomic E-state index is 12.1. The molecule has 1 fully saturated rings. The third-order valence-electron chi connectivity index (χ3n) is 3.86. The Morgan fingerprint density at radius 1 is 1.41 bits per heavy atom. The minimum atomic E-state index is -0.0971. The molecule has 0 atom stereocenters. The third-order valence-corrected chi connectivity index (χ3v) is 4.92. The Morgan fingerprint density at radius 3 is 3.00 bits per heavy atom. The summed E-state index contributed by atoms with van der Waals surface area (Å²) in [4.78, 5) is 19.6. The summed E-state index contributed by atoms with van der Waals surface area (Å²) in [5, 5.41) is 9.46. The summed E-state index contributed by atoms with van der Waals surface area (Å²) in [6.07, 6.45) is 4.61. The van der Waals surface area contributed by atoms with Gasteiger partial charge in [0.15, 0.2) is 0 Å². The van der Waals surface area contributed by atoms with E-state index in [-0.39, 0.29) is 5.56 Å². The van der Waals surface area contributed by atoms with Crippen molar-refractivity contribution in [3.8, 4) is 0 Å². The van der Waals surface area contributed by atoms with Crippen molar-refractivity contribution in [2.45, 2.75) is 25.9 Å². The van der Waals surface area contributed by atoms with E-state index >= 15 is 0 Å². The Balaban J connectivity index is 1.50. The molecule has 114 valence electrons. The lowest BCUT2D eigenvalue weighted by atomic mass is 10.1. The first kappa shape index (κ1) is 13.6. The normalized spacial score (nSPS) is 16.2. The Labute approximate surface area is 130 Å². The van der Waals surface area contributed by atoms with Gasteiger partial charge >= 0.3 is 0 Å². The largest absolute Gasteiger partial charge is 0.293 e. The minimum absolute atomic E-state index is 0.0971. The van der Waals surface area contributed by atoms with Crippen molar-refractivity contribution >= 4 is 16.3 Å². The van der Waals surface area contributed by atoms with E-state index in [9.17, 15) is 4.79 Å². The van der Waals surface area contributed by atoms with E-state index in [1.807, 2.05) is 23.9 Å². The molecule has 8 heteroatoms. The number of nitrogens with zero attached hydrogens (tertiary/aromatic N) is 6. The molecule has 4 rings (SSSR count). The first-order valence-electron chi connectivity index (χ1n) is 7.33. The fraction of sp³-hybridized carbons (Fsp3) is 0.429. The zero-order chi connectivity index (χ0) is 15.1. The molecule has 1 aliphatic heterocycles. The van der Waals surface area contributed by atoms with Gasteiger partial charge in [-0.15, -0.1) is 0 Å². The quantitative estimate of drug-likeness (QED) is 0.717. The highest BCUT2D eigenvalue weighted by Crippen LogP contribution is 2.22. The van der Waals surface area contributed by atoms with Crippen molar-refractivity contribution in [1.82, 2.24) is 29.3 Å². The van der Waals surface area contributed by atoms with Crippen LogP contribution in [0.5, 0.6) is 0 Å². The van der Waals surface area contributed by atoms with Gasteiger partial charge in [0.1, 0.15) is 5.01 Å². The molecule has 0 aromatic carbocycles. The van der Waals surface area contributed by atoms with E-state index in [0.717, 1.165) is 30.2 Å². The number of rotatable bonds is 4. The molecule has 0 aliphatic carbocycles. The molecule has 0 radical (unpaired) electrons. The predicted octanol–water partition coefficient (Wildman–Crippen LogP) is 0.967. The Morgan fingerprint density at radius 2 is 2.27 bits per heavy atom. The summed E-state index contributed by atoms with van der Waals surface area (Å²) in [7, 11) is 0. The summed E-state index contributed by atoms with van der Waals surface area (Å²) in [5.41, 5.74) is 0.718. The molecule has 1 aliphatic rings. The summed E-state index contributed by atoms with van der Waals surface area (Å²) in [5.74, 6) is 0. The molecule has 3 aromatic rings. The fourth-order valence-electron chi connectivity index (χ4n) is 2.68. The summed E-state index contributed by atoms with van der Waals surface area (Å²) >= 11 is 1.48. The van der Waals surface area contributed by atoms with E-state index in [4.69, 9.17) is 0 Å². The van der Waals surface area contributed by atoms with Crippen LogP contribution in [-0.4, -0.2) is 42.4 Å². The zero-order valence-corrected chi connectivity index (χ0v) is 13.0. The van der Waals surface area contributed by atoms with Gasteiger partial charge < -0.3 is 0 Å². The van der Waals surface area contributed by atoms with Gasteiger partial charge in [-0.3, -0.25) is 14.4 Å². The van der Waals surface area contributed by atoms with Crippen molar-refractivity contribution < 1.29 is 0 Å². The van der Waals surface area contributed by atoms with Crippen LogP contribution in [0.25, 0.3) is 4.96 Å². The molecule has 0 N–H and O–H groups in total. The van der Waals surface area contributed by atoms with E-state index in [1.54, 1.807) is 12.3 Å². The number of likely N-dealkylation sites (tertiary alicyclic amines) is 1. The van der Waals surface area contributed by atoms with Gasteiger partial charge in [-0.25, -0.2) is 4.98 Å². The van der Waals surface area contributed by atoms with E-state index in [1.165, 1.54) is 15.9 Å². The molecule has 0 spiro atoms. The lowest BCUT2D eigenvalue weighted by molar-refractivity contribution is 0.0896. The van der Waals surface area contributed by atoms with E-state index in [0.29, 0.717) is 17.5 Å². The van der Waals surface area contributed by atoms with Crippen LogP contribution in [0.2, 0.25) is 0 Å². The standard InChI is InChI=1S/C14H16N6OS/c1-2-12-17-20-13(21)6-10(16-14(20)22-12)7-18-8-11(9-18)19-5-3-4-15-19/h3-6,11H,2,7-9H2,1H3. The Kier molecular flexibility index (Phi) is 3.27. The second-order valence-corrected chi connectivity index (χ2v) is 6.50. The van der Waals surface area contributed by atoms with Crippen LogP contribution in [0, 0.1) is 0 Å². The van der Waals surface area contributed by atoms with Crippen LogP contribution in [0.15, 0.2) is 29.3 Å². The molecule has 4 heterocycles. The second-order valence-electron chi connectivity index (χ2n) is 5.46. The zero-order valence-electron chi connectivity index (χ0n) is 12.2. The number of fused-ring (bicyclic) bond motifs is 1. The van der Waals surface area contributed by atoms with Gasteiger partial charge in [0.25, 0.3) is 5.56 Å². The van der Waals surface area contributed by atoms with Crippen molar-refractivity contribution in [1.29, 1.82) is 0 Å². The average Bonchev–Trinajstić information content (AvgIpc) is 3.11. The summed E-state index contributed by atoms with van der Waals surface area (Å²) < 4.78 is 3.38. The average molecular weight is 316 g/mol. The predicted molar refractivity (Wildman–Crippen MR) is 83.1 cm³/mol. The maximum Gasteiger partial charge on any atom is 0.275 e. The van der Waals surface area contributed by atoms with Gasteiger partial charge in [0.05, 0.1) is 11.7 Å². The molecule has 0 unspecified atom stereocenters. The van der Waals surface area contributed by atoms with Crippen molar-refractivity contribution in [2.24, 2.45) is 0 Å². The monoisotopic (exact) mass is 316 g/mol. The van der Waals surface area contributed by atoms with Crippen LogP contribution in [0.4, 0.5) is 0 Å². The molecule has 3 aromatic heterocycles. The van der Waals surface area contributed by atoms with Gasteiger partial charge in [0.2, 0.25) is 4.96 Å². The van der Waals surface area contributed by atoms with Crippen LogP contribution >= 0.6 is 11.3 Å². The first-order chi connectivity index (χ1) is 10.7. The molecule has 0 amide bonds. The van der Waals surface area contributed by atoms with Gasteiger partial charge in [0, 0.05) is 38.1 Å². The number of hydrogen-bond donors (Lipinski definition) is 0. The molecule has 1 saturated heterocycles. The van der Waals surface area contributed by atoms with Crippen LogP contribution in [-0.2, 0) is 13.0 Å². The van der Waals surface area contributed by atoms with Crippen molar-refractivity contribution in [3.05, 3.63) is 45.6 Å². The fourth-order valence-corrected chi connectivity index (χ4v) is 3.54. The number of aryl methyl sites for hydroxylation is 1. The topological polar surface area (TPSA) is 68.3 Å². The van der Waals surface area contributed by atoms with Gasteiger partial charge in [-0.2, -0.15) is 14.7 Å². The van der Waals surface area contributed by atoms with E-state index < -0.39 is 0 Å². The Bertz CT molecular complexity index is 846. The smallest absolute Gasteiger partial charge is 0.275 e. The number of aromatic nitrogens is 5. The van der Waals surface area contributed by atoms with Crippen LogP contribution < -0.4 is 5.56 Å². The minimum Gasteiger partial charge on any atom is -0.293 e. The highest BCUT2D eigenvalue weighted by atomic mass is 32.1. The van der Waals surface area contributed by atoms with Crippen molar-refractivity contribution in [2.75, 3.05) is 13.1 Å². The first-order valence-corrected chi connectivity index (χ1v) is 8.14. The molecular formula is C14H16N6OS. The van der Waals surface area contributed by atoms with Gasteiger partial charge in [-0.05, 0) is 12.5 Å². The van der Waals surface area contributed by atoms with E-state index in [2.05, 4.69) is 20.1 Å². The lowest BCUT2D eigenvalue weighted by Gasteiger charge is -2.38. The molecule has 0 saturated carbocycles. The van der Waals surface area contributed by atoms with Crippen LogP contribution in [0.3, 0.4) is 0 Å². The highest BCUT2D eigenvalue weighted by Gasteiger charge is 2.28. The lowest BCUT2D eigenvalue weighted by Crippen LogP contribution is -2.47. The molecule has 7 nitrogen and oxygen atoms in total. The van der Waals surface area contributed by atoms with Gasteiger partial charge in [-0.1, -0.05) is 18.3 Å². The highest BCUT2D eigenvalue weighted by molar-refractivity contribution is 7.16. The molecular weight excluding hydrogens is 300 g/mol. The third kappa shape index (κ3) is 2.34. The van der Waals surface area contributed by atoms with Crippen LogP contribution in [0.1, 0.15) is 23.7 Å². The summed E-state index contributed by atoms with van der Waals surface area (Å²) in [6.45, 7) is 4.60. The number of hydrogen-bond acceptors (Lipinski definition) is 6. The second kappa shape index (κ2) is 5.29. The maximum atomic E-state index is 12.1. The summed E-state index contributed by atoms with van der Waals surface area (Å²) in [6, 6.07) is 3.96. The molecule has 22 heavy (non-hydrogen) atoms. The SMILES string of the molecule is CCc1nn2c(=O)cc(CN3CC(n4cccn4)C3)nc2s1. The Hall–Kier alpha value is -2.06. The van der Waals surface area contributed by atoms with Crippen molar-refractivity contribution in [3.63, 3.8) is 0 Å². The molecule has 0 bridgehead atoms.